The van der Waals surface area contributed by atoms with Crippen molar-refractivity contribution in [3.05, 3.63) is 57.5 Å². The van der Waals surface area contributed by atoms with E-state index in [-0.39, 0.29) is 27.6 Å². The number of carbonyl (C=O) groups excluding carboxylic acids is 1. The van der Waals surface area contributed by atoms with Gasteiger partial charge in [0.15, 0.2) is 0 Å². The Morgan fingerprint density at radius 1 is 0.786 bits per heavy atom. The number of rotatable bonds is 6. The van der Waals surface area contributed by atoms with Gasteiger partial charge in [0.1, 0.15) is 23.7 Å². The number of likely N-dealkylation sites (tertiary alicyclic amines) is 1. The van der Waals surface area contributed by atoms with Crippen LogP contribution in [0.1, 0.15) is 54.9 Å². The highest BCUT2D eigenvalue weighted by Crippen LogP contribution is 2.17. The Labute approximate surface area is 271 Å². The van der Waals surface area contributed by atoms with Gasteiger partial charge >= 0.3 is 6.09 Å². The lowest BCUT2D eigenvalue weighted by Gasteiger charge is -2.35. The van der Waals surface area contributed by atoms with Crippen LogP contribution in [0.4, 0.5) is 4.79 Å². The lowest BCUT2D eigenvalue weighted by molar-refractivity contribution is 0.0134. The Morgan fingerprint density at radius 3 is 1.76 bits per heavy atom. The summed E-state index contributed by atoms with van der Waals surface area (Å²) in [7, 11) is 0. The molecule has 2 N–H and O–H groups in total. The third-order valence-electron chi connectivity index (χ3n) is 6.21. The molecule has 1 amide bonds. The van der Waals surface area contributed by atoms with Crippen LogP contribution in [0.3, 0.4) is 0 Å². The average Bonchev–Trinajstić information content (AvgIpc) is 2.92. The van der Waals surface area contributed by atoms with E-state index in [0.717, 1.165) is 40.9 Å². The fourth-order valence-electron chi connectivity index (χ4n) is 4.07. The zero-order chi connectivity index (χ0) is 29.4. The maximum absolute atomic E-state index is 11.7. The van der Waals surface area contributed by atoms with E-state index >= 15 is 0 Å². The SMILES string of the molecule is Brc1ccc(OCCN2CCCCC2)cc1.C.C.CC(C)(C)OC(=O)N1CCN(CCO)CC1.Oc1ccc(Br)cc1. The van der Waals surface area contributed by atoms with Crippen molar-refractivity contribution >= 4 is 38.0 Å². The van der Waals surface area contributed by atoms with Crippen molar-refractivity contribution in [2.75, 3.05) is 65.6 Å². The number of piperazine rings is 1. The molecule has 42 heavy (non-hydrogen) atoms. The monoisotopic (exact) mass is 717 g/mol. The minimum absolute atomic E-state index is 0. The second-order valence-electron chi connectivity index (χ2n) is 10.7. The van der Waals surface area contributed by atoms with Crippen molar-refractivity contribution in [1.29, 1.82) is 0 Å². The molecule has 2 aromatic rings. The first-order valence-corrected chi connectivity index (χ1v) is 15.5. The van der Waals surface area contributed by atoms with Gasteiger partial charge in [-0.1, -0.05) is 53.1 Å². The zero-order valence-electron chi connectivity index (χ0n) is 24.0. The predicted molar refractivity (Wildman–Crippen MR) is 181 cm³/mol. The van der Waals surface area contributed by atoms with Crippen molar-refractivity contribution in [1.82, 2.24) is 14.7 Å². The summed E-state index contributed by atoms with van der Waals surface area (Å²) in [5.74, 6) is 1.26. The second-order valence-corrected chi connectivity index (χ2v) is 12.5. The third-order valence-corrected chi connectivity index (χ3v) is 7.26. The number of aliphatic hydroxyl groups is 1. The number of benzene rings is 2. The van der Waals surface area contributed by atoms with Crippen LogP contribution in [0.25, 0.3) is 0 Å². The van der Waals surface area contributed by atoms with Crippen LogP contribution in [0, 0.1) is 0 Å². The number of hydrogen-bond donors (Lipinski definition) is 2. The number of phenolic OH excluding ortho intramolecular Hbond substituents is 1. The van der Waals surface area contributed by atoms with E-state index in [4.69, 9.17) is 19.7 Å². The van der Waals surface area contributed by atoms with Gasteiger partial charge in [0, 0.05) is 48.2 Å². The quantitative estimate of drug-likeness (QED) is 0.325. The molecule has 0 atom stereocenters. The number of aliphatic hydroxyl groups excluding tert-OH is 1. The number of piperidine rings is 1. The molecule has 240 valence electrons. The average molecular weight is 720 g/mol. The summed E-state index contributed by atoms with van der Waals surface area (Å²) in [6, 6.07) is 14.9. The van der Waals surface area contributed by atoms with Crippen molar-refractivity contribution in [3.8, 4) is 11.5 Å². The summed E-state index contributed by atoms with van der Waals surface area (Å²) in [5.41, 5.74) is -0.431. The van der Waals surface area contributed by atoms with E-state index in [1.807, 2.05) is 45.0 Å². The number of nitrogens with zero attached hydrogens (tertiary/aromatic N) is 3. The van der Waals surface area contributed by atoms with Crippen molar-refractivity contribution < 1.29 is 24.5 Å². The van der Waals surface area contributed by atoms with Crippen LogP contribution in [-0.4, -0.2) is 102 Å². The van der Waals surface area contributed by atoms with Crippen LogP contribution >= 0.6 is 31.9 Å². The number of β-amino-alcohol motifs (C(OH)–C–C–N with tert-alkyl or cyclic N) is 1. The normalized spacial score (nSPS) is 15.4. The van der Waals surface area contributed by atoms with Crippen molar-refractivity contribution in [2.24, 2.45) is 0 Å². The topological polar surface area (TPSA) is 85.7 Å². The number of phenols is 1. The first kappa shape index (κ1) is 40.1. The molecule has 2 aliphatic heterocycles. The summed E-state index contributed by atoms with van der Waals surface area (Å²) in [5, 5.41) is 17.5. The molecular formula is C32H53Br2N3O5. The van der Waals surface area contributed by atoms with Crippen LogP contribution in [0.2, 0.25) is 0 Å². The van der Waals surface area contributed by atoms with Gasteiger partial charge in [-0.15, -0.1) is 0 Å². The molecule has 2 aliphatic rings. The molecule has 2 heterocycles. The van der Waals surface area contributed by atoms with Crippen LogP contribution in [0.15, 0.2) is 57.5 Å². The van der Waals surface area contributed by atoms with Crippen LogP contribution < -0.4 is 4.74 Å². The number of amides is 1. The van der Waals surface area contributed by atoms with Gasteiger partial charge in [-0.05, 0) is 95.2 Å². The molecule has 8 nitrogen and oxygen atoms in total. The van der Waals surface area contributed by atoms with E-state index < -0.39 is 5.60 Å². The molecule has 0 radical (unpaired) electrons. The Kier molecular flexibility index (Phi) is 20.8. The van der Waals surface area contributed by atoms with Gasteiger partial charge in [-0.3, -0.25) is 9.80 Å². The first-order chi connectivity index (χ1) is 19.1. The summed E-state index contributed by atoms with van der Waals surface area (Å²) in [4.78, 5) is 18.1. The Bertz CT molecular complexity index is 937. The standard InChI is InChI=1S/C13H18BrNO.C11H22N2O3.C6H5BrO.2CH4/c14-12-4-6-13(7-5-12)16-11-10-15-8-2-1-3-9-15;1-11(2,3)16-10(15)13-6-4-12(5-7-13)8-9-14;7-5-1-3-6(8)4-2-5;;/h4-7H,1-3,8-11H2;14H,4-9H2,1-3H3;1-4,8H;2*1H4. The van der Waals surface area contributed by atoms with E-state index in [2.05, 4.69) is 41.7 Å². The molecule has 4 rings (SSSR count). The van der Waals surface area contributed by atoms with Crippen molar-refractivity contribution in [3.63, 3.8) is 0 Å². The lowest BCUT2D eigenvalue weighted by atomic mass is 10.1. The summed E-state index contributed by atoms with van der Waals surface area (Å²) in [6.07, 6.45) is 3.84. The zero-order valence-corrected chi connectivity index (χ0v) is 27.2. The molecule has 2 saturated heterocycles. The van der Waals surface area contributed by atoms with Gasteiger partial charge in [0.05, 0.1) is 6.61 Å². The molecule has 0 aliphatic carbocycles. The highest BCUT2D eigenvalue weighted by atomic mass is 79.9. The molecule has 0 bridgehead atoms. The molecule has 0 saturated carbocycles. The number of aromatic hydroxyl groups is 1. The molecular weight excluding hydrogens is 666 g/mol. The van der Waals surface area contributed by atoms with E-state index in [9.17, 15) is 4.79 Å². The number of hydrogen-bond acceptors (Lipinski definition) is 7. The smallest absolute Gasteiger partial charge is 0.410 e. The lowest BCUT2D eigenvalue weighted by Crippen LogP contribution is -2.50. The summed E-state index contributed by atoms with van der Waals surface area (Å²) >= 11 is 6.65. The minimum Gasteiger partial charge on any atom is -0.508 e. The number of carbonyl (C=O) groups is 1. The van der Waals surface area contributed by atoms with E-state index in [1.54, 1.807) is 29.2 Å². The van der Waals surface area contributed by atoms with Crippen LogP contribution in [0.5, 0.6) is 11.5 Å². The van der Waals surface area contributed by atoms with Crippen LogP contribution in [-0.2, 0) is 4.74 Å². The Balaban J connectivity index is 0.000000617. The highest BCUT2D eigenvalue weighted by molar-refractivity contribution is 9.10. The van der Waals surface area contributed by atoms with Gasteiger partial charge in [-0.2, -0.15) is 0 Å². The molecule has 2 fully saturated rings. The fraction of sp³-hybridized carbons (Fsp3) is 0.594. The summed E-state index contributed by atoms with van der Waals surface area (Å²) < 4.78 is 13.1. The highest BCUT2D eigenvalue weighted by Gasteiger charge is 2.25. The fourth-order valence-corrected chi connectivity index (χ4v) is 4.60. The number of halogens is 2. The largest absolute Gasteiger partial charge is 0.508 e. The van der Waals surface area contributed by atoms with E-state index in [1.165, 1.54) is 32.4 Å². The Hall–Kier alpha value is -1.85. The molecule has 10 heteroatoms. The molecule has 0 unspecified atom stereocenters. The third kappa shape index (κ3) is 18.0. The molecule has 0 aromatic heterocycles. The number of ether oxygens (including phenoxy) is 2. The second kappa shape index (κ2) is 21.8. The van der Waals surface area contributed by atoms with Gasteiger partial charge in [0.2, 0.25) is 0 Å². The van der Waals surface area contributed by atoms with Gasteiger partial charge in [0.25, 0.3) is 0 Å². The first-order valence-electron chi connectivity index (χ1n) is 13.9. The molecule has 0 spiro atoms. The van der Waals surface area contributed by atoms with Gasteiger partial charge in [-0.25, -0.2) is 4.79 Å². The van der Waals surface area contributed by atoms with Gasteiger partial charge < -0.3 is 24.6 Å². The maximum atomic E-state index is 11.7. The Morgan fingerprint density at radius 2 is 1.29 bits per heavy atom. The van der Waals surface area contributed by atoms with E-state index in [0.29, 0.717) is 25.4 Å². The maximum Gasteiger partial charge on any atom is 0.410 e. The summed E-state index contributed by atoms with van der Waals surface area (Å²) in [6.45, 7) is 13.7. The molecule has 2 aromatic carbocycles. The predicted octanol–water partition coefficient (Wildman–Crippen LogP) is 7.27. The minimum atomic E-state index is -0.431. The van der Waals surface area contributed by atoms with Crippen molar-refractivity contribution in [2.45, 2.75) is 60.5 Å².